The highest BCUT2D eigenvalue weighted by molar-refractivity contribution is 5.68. The summed E-state index contributed by atoms with van der Waals surface area (Å²) in [6, 6.07) is 5.50. The fourth-order valence-electron chi connectivity index (χ4n) is 1.37. The van der Waals surface area contributed by atoms with E-state index >= 15 is 0 Å². The highest BCUT2D eigenvalue weighted by Gasteiger charge is 2.22. The van der Waals surface area contributed by atoms with Crippen LogP contribution in [0.5, 0.6) is 0 Å². The standard InChI is InChI=1S/C13H20N2O3/c1-13(2,3)18-12(17)15(8-9-16)10-11-6-4-5-7-14-11/h4-7,16H,8-10H2,1-3H3. The van der Waals surface area contributed by atoms with Crippen LogP contribution in [0.2, 0.25) is 0 Å². The molecule has 0 aliphatic carbocycles. The summed E-state index contributed by atoms with van der Waals surface area (Å²) < 4.78 is 5.27. The Morgan fingerprint density at radius 2 is 2.17 bits per heavy atom. The van der Waals surface area contributed by atoms with Crippen LogP contribution in [-0.4, -0.2) is 39.8 Å². The minimum absolute atomic E-state index is 0.105. The summed E-state index contributed by atoms with van der Waals surface area (Å²) in [5.74, 6) is 0. The molecule has 0 fully saturated rings. The van der Waals surface area contributed by atoms with Gasteiger partial charge in [-0.25, -0.2) is 4.79 Å². The molecule has 1 heterocycles. The number of nitrogens with zero attached hydrogens (tertiary/aromatic N) is 2. The van der Waals surface area contributed by atoms with Gasteiger partial charge in [0, 0.05) is 12.7 Å². The average Bonchev–Trinajstić information content (AvgIpc) is 2.27. The third kappa shape index (κ3) is 5.14. The Morgan fingerprint density at radius 3 is 2.67 bits per heavy atom. The monoisotopic (exact) mass is 252 g/mol. The minimum atomic E-state index is -0.547. The maximum atomic E-state index is 11.9. The summed E-state index contributed by atoms with van der Waals surface area (Å²) in [5, 5.41) is 8.99. The third-order valence-corrected chi connectivity index (χ3v) is 2.10. The maximum absolute atomic E-state index is 11.9. The number of rotatable bonds is 4. The predicted octanol–water partition coefficient (Wildman–Crippen LogP) is 1.81. The van der Waals surface area contributed by atoms with Crippen molar-refractivity contribution in [1.29, 1.82) is 0 Å². The van der Waals surface area contributed by atoms with Gasteiger partial charge in [0.1, 0.15) is 5.60 Å². The number of ether oxygens (including phenoxy) is 1. The van der Waals surface area contributed by atoms with Gasteiger partial charge < -0.3 is 9.84 Å². The van der Waals surface area contributed by atoms with Crippen molar-refractivity contribution in [3.63, 3.8) is 0 Å². The Hall–Kier alpha value is -1.62. The molecule has 0 saturated carbocycles. The molecule has 0 spiro atoms. The van der Waals surface area contributed by atoms with Gasteiger partial charge in [0.2, 0.25) is 0 Å². The van der Waals surface area contributed by atoms with Gasteiger partial charge in [-0.3, -0.25) is 9.88 Å². The van der Waals surface area contributed by atoms with E-state index in [2.05, 4.69) is 4.98 Å². The van der Waals surface area contributed by atoms with E-state index in [9.17, 15) is 4.79 Å². The van der Waals surface area contributed by atoms with Crippen LogP contribution >= 0.6 is 0 Å². The zero-order valence-corrected chi connectivity index (χ0v) is 11.1. The summed E-state index contributed by atoms with van der Waals surface area (Å²) in [4.78, 5) is 17.5. The molecule has 1 N–H and O–H groups in total. The van der Waals surface area contributed by atoms with Gasteiger partial charge in [0.15, 0.2) is 0 Å². The van der Waals surface area contributed by atoms with Crippen LogP contribution in [0.15, 0.2) is 24.4 Å². The molecule has 100 valence electrons. The lowest BCUT2D eigenvalue weighted by atomic mass is 10.2. The summed E-state index contributed by atoms with van der Waals surface area (Å²) in [6.45, 7) is 5.88. The number of hydrogen-bond acceptors (Lipinski definition) is 4. The van der Waals surface area contributed by atoms with E-state index in [1.54, 1.807) is 6.20 Å². The van der Waals surface area contributed by atoms with Crippen molar-refractivity contribution in [2.45, 2.75) is 32.9 Å². The summed E-state index contributed by atoms with van der Waals surface area (Å²) in [7, 11) is 0. The van der Waals surface area contributed by atoms with Crippen molar-refractivity contribution in [1.82, 2.24) is 9.88 Å². The summed E-state index contributed by atoms with van der Waals surface area (Å²) >= 11 is 0. The molecule has 0 saturated heterocycles. The summed E-state index contributed by atoms with van der Waals surface area (Å²) in [5.41, 5.74) is 0.214. The quantitative estimate of drug-likeness (QED) is 0.887. The van der Waals surface area contributed by atoms with Crippen molar-refractivity contribution in [3.05, 3.63) is 30.1 Å². The zero-order chi connectivity index (χ0) is 13.6. The highest BCUT2D eigenvalue weighted by atomic mass is 16.6. The van der Waals surface area contributed by atoms with Crippen molar-refractivity contribution in [3.8, 4) is 0 Å². The minimum Gasteiger partial charge on any atom is -0.444 e. The molecule has 0 aliphatic rings. The number of carbonyl (C=O) groups excluding carboxylic acids is 1. The lowest BCUT2D eigenvalue weighted by Gasteiger charge is -2.26. The fourth-order valence-corrected chi connectivity index (χ4v) is 1.37. The SMILES string of the molecule is CC(C)(C)OC(=O)N(CCO)Cc1ccccn1. The molecule has 5 nitrogen and oxygen atoms in total. The molecular weight excluding hydrogens is 232 g/mol. The first-order valence-electron chi connectivity index (χ1n) is 5.91. The van der Waals surface area contributed by atoms with Crippen LogP contribution in [-0.2, 0) is 11.3 Å². The van der Waals surface area contributed by atoms with Crippen LogP contribution in [0.3, 0.4) is 0 Å². The van der Waals surface area contributed by atoms with E-state index in [1.807, 2.05) is 39.0 Å². The lowest BCUT2D eigenvalue weighted by molar-refractivity contribution is 0.0199. The molecule has 1 aromatic heterocycles. The number of aromatic nitrogens is 1. The van der Waals surface area contributed by atoms with E-state index in [0.717, 1.165) is 5.69 Å². The Morgan fingerprint density at radius 1 is 1.44 bits per heavy atom. The predicted molar refractivity (Wildman–Crippen MR) is 68.0 cm³/mol. The average molecular weight is 252 g/mol. The van der Waals surface area contributed by atoms with E-state index in [1.165, 1.54) is 4.90 Å². The number of pyridine rings is 1. The van der Waals surface area contributed by atoms with Crippen molar-refractivity contribution in [2.24, 2.45) is 0 Å². The van der Waals surface area contributed by atoms with E-state index < -0.39 is 11.7 Å². The molecule has 18 heavy (non-hydrogen) atoms. The molecule has 1 aromatic rings. The number of carbonyl (C=O) groups is 1. The van der Waals surface area contributed by atoms with Crippen LogP contribution in [0.1, 0.15) is 26.5 Å². The second-order valence-corrected chi connectivity index (χ2v) is 4.95. The molecule has 0 unspecified atom stereocenters. The molecule has 5 heteroatoms. The molecule has 0 bridgehead atoms. The molecule has 1 amide bonds. The Bertz CT molecular complexity index is 374. The molecular formula is C13H20N2O3. The molecule has 0 aliphatic heterocycles. The maximum Gasteiger partial charge on any atom is 0.410 e. The van der Waals surface area contributed by atoms with Crippen LogP contribution in [0.4, 0.5) is 4.79 Å². The fraction of sp³-hybridized carbons (Fsp3) is 0.538. The van der Waals surface area contributed by atoms with Gasteiger partial charge in [-0.15, -0.1) is 0 Å². The first-order chi connectivity index (χ1) is 8.42. The molecule has 0 aromatic carbocycles. The van der Waals surface area contributed by atoms with Gasteiger partial charge in [0.25, 0.3) is 0 Å². The van der Waals surface area contributed by atoms with Gasteiger partial charge in [-0.05, 0) is 32.9 Å². The number of hydrogen-bond donors (Lipinski definition) is 1. The van der Waals surface area contributed by atoms with Crippen LogP contribution in [0.25, 0.3) is 0 Å². The Labute approximate surface area is 107 Å². The molecule has 0 radical (unpaired) electrons. The smallest absolute Gasteiger partial charge is 0.410 e. The van der Waals surface area contributed by atoms with E-state index in [4.69, 9.17) is 9.84 Å². The number of aliphatic hydroxyl groups excluding tert-OH is 1. The second kappa shape index (κ2) is 6.35. The summed E-state index contributed by atoms with van der Waals surface area (Å²) in [6.07, 6.45) is 1.23. The second-order valence-electron chi connectivity index (χ2n) is 4.95. The zero-order valence-electron chi connectivity index (χ0n) is 11.1. The van der Waals surface area contributed by atoms with E-state index in [-0.39, 0.29) is 13.2 Å². The first-order valence-corrected chi connectivity index (χ1v) is 5.91. The van der Waals surface area contributed by atoms with Gasteiger partial charge >= 0.3 is 6.09 Å². The topological polar surface area (TPSA) is 62.7 Å². The van der Waals surface area contributed by atoms with E-state index in [0.29, 0.717) is 6.54 Å². The van der Waals surface area contributed by atoms with Crippen LogP contribution in [0, 0.1) is 0 Å². The Kier molecular flexibility index (Phi) is 5.09. The molecule has 0 atom stereocenters. The first kappa shape index (κ1) is 14.4. The third-order valence-electron chi connectivity index (χ3n) is 2.10. The van der Waals surface area contributed by atoms with Gasteiger partial charge in [-0.1, -0.05) is 6.07 Å². The lowest BCUT2D eigenvalue weighted by Crippen LogP contribution is -2.38. The highest BCUT2D eigenvalue weighted by Crippen LogP contribution is 2.11. The number of amides is 1. The van der Waals surface area contributed by atoms with Gasteiger partial charge in [0.05, 0.1) is 18.8 Å². The normalized spacial score (nSPS) is 11.1. The van der Waals surface area contributed by atoms with Gasteiger partial charge in [-0.2, -0.15) is 0 Å². The van der Waals surface area contributed by atoms with Crippen molar-refractivity contribution in [2.75, 3.05) is 13.2 Å². The largest absolute Gasteiger partial charge is 0.444 e. The van der Waals surface area contributed by atoms with Crippen molar-refractivity contribution >= 4 is 6.09 Å². The Balaban J connectivity index is 2.68. The van der Waals surface area contributed by atoms with Crippen LogP contribution < -0.4 is 0 Å². The molecule has 1 rings (SSSR count). The van der Waals surface area contributed by atoms with Crippen molar-refractivity contribution < 1.29 is 14.6 Å². The number of aliphatic hydroxyl groups is 1.